The highest BCUT2D eigenvalue weighted by atomic mass is 19.1. The highest BCUT2D eigenvalue weighted by Gasteiger charge is 2.42. The first-order chi connectivity index (χ1) is 12.6. The van der Waals surface area contributed by atoms with Crippen molar-refractivity contribution >= 4 is 23.1 Å². The van der Waals surface area contributed by atoms with E-state index in [1.54, 1.807) is 6.07 Å². The number of halogens is 1. The molecule has 0 radical (unpaired) electrons. The van der Waals surface area contributed by atoms with Gasteiger partial charge >= 0.3 is 0 Å². The van der Waals surface area contributed by atoms with E-state index in [0.29, 0.717) is 12.2 Å². The van der Waals surface area contributed by atoms with Gasteiger partial charge in [-0.25, -0.2) is 9.29 Å². The molecule has 0 spiro atoms. The quantitative estimate of drug-likeness (QED) is 0.798. The average molecular weight is 350 g/mol. The summed E-state index contributed by atoms with van der Waals surface area (Å²) in [7, 11) is 0. The first-order valence-electron chi connectivity index (χ1n) is 8.74. The van der Waals surface area contributed by atoms with Crippen molar-refractivity contribution < 1.29 is 14.0 Å². The van der Waals surface area contributed by atoms with Gasteiger partial charge in [-0.05, 0) is 35.8 Å². The number of carbonyl (C=O) groups excluding carboxylic acids is 2. The predicted molar refractivity (Wildman–Crippen MR) is 97.9 cm³/mol. The van der Waals surface area contributed by atoms with E-state index in [0.717, 1.165) is 17.9 Å². The second kappa shape index (κ2) is 6.84. The summed E-state index contributed by atoms with van der Waals surface area (Å²) >= 11 is 0. The molecule has 1 fully saturated rings. The van der Waals surface area contributed by atoms with Crippen LogP contribution in [0.2, 0.25) is 0 Å². The summed E-state index contributed by atoms with van der Waals surface area (Å²) in [6.07, 6.45) is 3.10. The minimum atomic E-state index is -0.473. The fourth-order valence-electron chi connectivity index (χ4n) is 3.67. The minimum Gasteiger partial charge on any atom is -0.287 e. The molecule has 2 amide bonds. The minimum absolute atomic E-state index is 0.143. The Morgan fingerprint density at radius 2 is 1.81 bits per heavy atom. The molecule has 2 aromatic rings. The van der Waals surface area contributed by atoms with Crippen LogP contribution < -0.4 is 4.90 Å². The SMILES string of the molecule is O=C1CC(N2CC=C(c3ccccc3)CC2)C(=O)N1c1cccc(F)c1. The van der Waals surface area contributed by atoms with Crippen LogP contribution in [0.3, 0.4) is 0 Å². The molecule has 5 heteroatoms. The molecule has 0 bridgehead atoms. The normalized spacial score (nSPS) is 21.2. The third-order valence-electron chi connectivity index (χ3n) is 5.02. The predicted octanol–water partition coefficient (Wildman–Crippen LogP) is 3.25. The number of benzene rings is 2. The monoisotopic (exact) mass is 350 g/mol. The van der Waals surface area contributed by atoms with E-state index in [1.807, 2.05) is 23.1 Å². The standard InChI is InChI=1S/C21H19FN2O2/c22-17-7-4-8-18(13-17)24-20(25)14-19(21(24)26)23-11-9-16(10-12-23)15-5-2-1-3-6-15/h1-9,13,19H,10-12,14H2. The van der Waals surface area contributed by atoms with Gasteiger partial charge < -0.3 is 0 Å². The van der Waals surface area contributed by atoms with Gasteiger partial charge in [-0.15, -0.1) is 0 Å². The Balaban J connectivity index is 1.50. The maximum atomic E-state index is 13.5. The van der Waals surface area contributed by atoms with Crippen LogP contribution in [0.1, 0.15) is 18.4 Å². The summed E-state index contributed by atoms with van der Waals surface area (Å²) in [5, 5.41) is 0. The van der Waals surface area contributed by atoms with Crippen LogP contribution >= 0.6 is 0 Å². The van der Waals surface area contributed by atoms with E-state index in [-0.39, 0.29) is 18.2 Å². The zero-order valence-electron chi connectivity index (χ0n) is 14.3. The van der Waals surface area contributed by atoms with Gasteiger partial charge in [-0.2, -0.15) is 0 Å². The number of nitrogens with zero attached hydrogens (tertiary/aromatic N) is 2. The second-order valence-corrected chi connectivity index (χ2v) is 6.61. The summed E-state index contributed by atoms with van der Waals surface area (Å²) in [5.74, 6) is -0.999. The Labute approximate surface area is 151 Å². The fraction of sp³-hybridized carbons (Fsp3) is 0.238. The molecule has 0 aromatic heterocycles. The lowest BCUT2D eigenvalue weighted by molar-refractivity contribution is -0.122. The third-order valence-corrected chi connectivity index (χ3v) is 5.02. The molecule has 4 nitrogen and oxygen atoms in total. The molecule has 4 rings (SSSR count). The van der Waals surface area contributed by atoms with Gasteiger partial charge in [0.1, 0.15) is 5.82 Å². The summed E-state index contributed by atoms with van der Waals surface area (Å²) in [5.41, 5.74) is 2.77. The lowest BCUT2D eigenvalue weighted by Gasteiger charge is -2.30. The number of imide groups is 1. The fourth-order valence-corrected chi connectivity index (χ4v) is 3.67. The van der Waals surface area contributed by atoms with E-state index in [2.05, 4.69) is 18.2 Å². The molecule has 26 heavy (non-hydrogen) atoms. The van der Waals surface area contributed by atoms with E-state index in [4.69, 9.17) is 0 Å². The Morgan fingerprint density at radius 3 is 2.50 bits per heavy atom. The maximum Gasteiger partial charge on any atom is 0.251 e. The summed E-state index contributed by atoms with van der Waals surface area (Å²) in [6, 6.07) is 15.3. The Hall–Kier alpha value is -2.79. The van der Waals surface area contributed by atoms with Crippen molar-refractivity contribution in [1.82, 2.24) is 4.90 Å². The van der Waals surface area contributed by atoms with Crippen LogP contribution in [0.25, 0.3) is 5.57 Å². The molecule has 1 unspecified atom stereocenters. The molecule has 1 atom stereocenters. The van der Waals surface area contributed by atoms with Gasteiger partial charge in [-0.3, -0.25) is 14.5 Å². The van der Waals surface area contributed by atoms with Gasteiger partial charge in [0, 0.05) is 13.1 Å². The maximum absolute atomic E-state index is 13.5. The van der Waals surface area contributed by atoms with Crippen LogP contribution in [0.5, 0.6) is 0 Å². The Kier molecular flexibility index (Phi) is 4.39. The first kappa shape index (κ1) is 16.7. The molecule has 1 saturated heterocycles. The zero-order valence-corrected chi connectivity index (χ0v) is 14.3. The third kappa shape index (κ3) is 3.06. The molecule has 2 aliphatic rings. The smallest absolute Gasteiger partial charge is 0.251 e. The number of hydrogen-bond donors (Lipinski definition) is 0. The second-order valence-electron chi connectivity index (χ2n) is 6.61. The molecule has 0 aliphatic carbocycles. The summed E-state index contributed by atoms with van der Waals surface area (Å²) in [6.45, 7) is 1.35. The molecule has 0 N–H and O–H groups in total. The Bertz CT molecular complexity index is 879. The van der Waals surface area contributed by atoms with Gasteiger partial charge in [0.25, 0.3) is 5.91 Å². The van der Waals surface area contributed by atoms with Crippen molar-refractivity contribution in [3.63, 3.8) is 0 Å². The van der Waals surface area contributed by atoms with Crippen LogP contribution in [0, 0.1) is 5.82 Å². The summed E-state index contributed by atoms with van der Waals surface area (Å²) in [4.78, 5) is 28.3. The lowest BCUT2D eigenvalue weighted by Crippen LogP contribution is -2.44. The van der Waals surface area contributed by atoms with Gasteiger partial charge in [0.05, 0.1) is 18.2 Å². The molecule has 132 valence electrons. The summed E-state index contributed by atoms with van der Waals surface area (Å²) < 4.78 is 13.5. The number of amides is 2. The van der Waals surface area contributed by atoms with Crippen molar-refractivity contribution in [1.29, 1.82) is 0 Å². The van der Waals surface area contributed by atoms with E-state index < -0.39 is 11.9 Å². The van der Waals surface area contributed by atoms with Crippen LogP contribution in [0.15, 0.2) is 60.7 Å². The van der Waals surface area contributed by atoms with Crippen molar-refractivity contribution in [2.24, 2.45) is 0 Å². The average Bonchev–Trinajstić information content (AvgIpc) is 2.97. The molecule has 2 aromatic carbocycles. The number of anilines is 1. The highest BCUT2D eigenvalue weighted by Crippen LogP contribution is 2.29. The highest BCUT2D eigenvalue weighted by molar-refractivity contribution is 6.22. The van der Waals surface area contributed by atoms with Gasteiger partial charge in [-0.1, -0.05) is 42.5 Å². The lowest BCUT2D eigenvalue weighted by atomic mass is 9.98. The topological polar surface area (TPSA) is 40.6 Å². The zero-order chi connectivity index (χ0) is 18.1. The van der Waals surface area contributed by atoms with Crippen molar-refractivity contribution in [2.45, 2.75) is 18.9 Å². The molecular formula is C21H19FN2O2. The molecule has 2 aliphatic heterocycles. The van der Waals surface area contributed by atoms with Gasteiger partial charge in [0.15, 0.2) is 0 Å². The van der Waals surface area contributed by atoms with E-state index in [1.165, 1.54) is 29.3 Å². The number of rotatable bonds is 3. The van der Waals surface area contributed by atoms with Crippen LogP contribution in [0.4, 0.5) is 10.1 Å². The van der Waals surface area contributed by atoms with E-state index in [9.17, 15) is 14.0 Å². The molecule has 2 heterocycles. The Morgan fingerprint density at radius 1 is 1.00 bits per heavy atom. The van der Waals surface area contributed by atoms with Crippen molar-refractivity contribution in [3.8, 4) is 0 Å². The van der Waals surface area contributed by atoms with Gasteiger partial charge in [0.2, 0.25) is 5.91 Å². The molecule has 0 saturated carbocycles. The van der Waals surface area contributed by atoms with Crippen molar-refractivity contribution in [3.05, 3.63) is 72.1 Å². The number of carbonyl (C=O) groups is 2. The van der Waals surface area contributed by atoms with Crippen molar-refractivity contribution in [2.75, 3.05) is 18.0 Å². The number of hydrogen-bond acceptors (Lipinski definition) is 3. The molecular weight excluding hydrogens is 331 g/mol. The van der Waals surface area contributed by atoms with Crippen LogP contribution in [-0.4, -0.2) is 35.8 Å². The van der Waals surface area contributed by atoms with E-state index >= 15 is 0 Å². The first-order valence-corrected chi connectivity index (χ1v) is 8.74. The largest absolute Gasteiger partial charge is 0.287 e. The van der Waals surface area contributed by atoms with Crippen LogP contribution in [-0.2, 0) is 9.59 Å².